The van der Waals surface area contributed by atoms with E-state index in [1.54, 1.807) is 16.7 Å². The zero-order valence-corrected chi connectivity index (χ0v) is 31.7. The molecule has 1 saturated carbocycles. The Morgan fingerprint density at radius 2 is 1.59 bits per heavy atom. The predicted octanol–water partition coefficient (Wildman–Crippen LogP) is 11.7. The first kappa shape index (κ1) is 33.2. The van der Waals surface area contributed by atoms with Crippen LogP contribution < -0.4 is 20.2 Å². The van der Waals surface area contributed by atoms with Gasteiger partial charge in [-0.3, -0.25) is 0 Å². The highest BCUT2D eigenvalue weighted by Gasteiger charge is 2.45. The summed E-state index contributed by atoms with van der Waals surface area (Å²) in [6, 6.07) is 30.3. The summed E-state index contributed by atoms with van der Waals surface area (Å²) < 4.78 is 0. The third-order valence-corrected chi connectivity index (χ3v) is 13.5. The standard InChI is InChI=1S/C52H50N2/c1-4-37-33-39-15-6-7-20-49(39)54(48(37)5-2)51-22-12-17-42-38(16-11-18-45(42)51)25-23-36-24-27-43-44-28-26-40(34-47(44)52(46(43)32-36)29-8-9-30-52)53-31-13-19-41-35(3)14-10-21-50(41)53/h4-7,10,12,15,17-18,20-28,32,34-35H,1-2,8-9,11,13-14,16,19,29-31,33H2,3H3. The van der Waals surface area contributed by atoms with Gasteiger partial charge in [0.2, 0.25) is 0 Å². The lowest BCUT2D eigenvalue weighted by atomic mass is 9.76. The van der Waals surface area contributed by atoms with Gasteiger partial charge in [0.25, 0.3) is 0 Å². The van der Waals surface area contributed by atoms with E-state index in [0.717, 1.165) is 31.5 Å². The summed E-state index contributed by atoms with van der Waals surface area (Å²) in [7, 11) is 0. The van der Waals surface area contributed by atoms with E-state index in [-0.39, 0.29) is 5.41 Å². The fraction of sp³-hybridized carbons (Fsp3) is 0.269. The first-order valence-corrected chi connectivity index (χ1v) is 20.4. The van der Waals surface area contributed by atoms with Crippen LogP contribution in [0.25, 0.3) is 28.9 Å². The number of hydrogen-bond donors (Lipinski definition) is 0. The third kappa shape index (κ3) is 5.13. The Balaban J connectivity index is 1.02. The Kier molecular flexibility index (Phi) is 8.13. The van der Waals surface area contributed by atoms with Crippen LogP contribution in [-0.4, -0.2) is 6.54 Å². The molecule has 1 unspecified atom stereocenters. The summed E-state index contributed by atoms with van der Waals surface area (Å²) >= 11 is 0. The maximum atomic E-state index is 4.25. The van der Waals surface area contributed by atoms with E-state index in [9.17, 15) is 0 Å². The van der Waals surface area contributed by atoms with Gasteiger partial charge in [-0.2, -0.15) is 0 Å². The lowest BCUT2D eigenvalue weighted by molar-refractivity contribution is 0.549. The Morgan fingerprint density at radius 1 is 0.778 bits per heavy atom. The summed E-state index contributed by atoms with van der Waals surface area (Å²) in [5, 5.41) is 2.64. The number of para-hydroxylation sites is 1. The van der Waals surface area contributed by atoms with Gasteiger partial charge in [0, 0.05) is 46.4 Å². The summed E-state index contributed by atoms with van der Waals surface area (Å²) in [5.74, 6) is 0.652. The molecule has 4 aliphatic carbocycles. The van der Waals surface area contributed by atoms with E-state index in [1.165, 1.54) is 112 Å². The molecular formula is C52H50N2. The minimum atomic E-state index is 0.118. The molecule has 1 spiro atoms. The van der Waals surface area contributed by atoms with Crippen molar-refractivity contribution in [1.82, 2.24) is 0 Å². The lowest BCUT2D eigenvalue weighted by Crippen LogP contribution is -2.36. The van der Waals surface area contributed by atoms with Crippen molar-refractivity contribution in [3.8, 4) is 11.1 Å². The predicted molar refractivity (Wildman–Crippen MR) is 229 cm³/mol. The normalized spacial score (nSPS) is 20.8. The highest BCUT2D eigenvalue weighted by atomic mass is 15.2. The van der Waals surface area contributed by atoms with Crippen LogP contribution in [-0.2, 0) is 11.8 Å². The van der Waals surface area contributed by atoms with E-state index >= 15 is 0 Å². The van der Waals surface area contributed by atoms with E-state index in [1.807, 2.05) is 12.2 Å². The Bertz CT molecular complexity index is 2490. The maximum absolute atomic E-state index is 4.25. The number of rotatable bonds is 6. The van der Waals surface area contributed by atoms with Crippen LogP contribution in [0.15, 0.2) is 145 Å². The molecule has 10 rings (SSSR count). The quantitative estimate of drug-likeness (QED) is 0.197. The number of nitrogens with zero attached hydrogens (tertiary/aromatic N) is 2. The van der Waals surface area contributed by atoms with Gasteiger partial charge in [-0.25, -0.2) is 0 Å². The van der Waals surface area contributed by atoms with Crippen LogP contribution in [0.5, 0.6) is 0 Å². The zero-order valence-electron chi connectivity index (χ0n) is 31.7. The molecule has 1 fully saturated rings. The van der Waals surface area contributed by atoms with Crippen LogP contribution in [0.3, 0.4) is 0 Å². The molecule has 0 saturated heterocycles. The Hall–Kier alpha value is -5.34. The van der Waals surface area contributed by atoms with Crippen molar-refractivity contribution >= 4 is 34.8 Å². The summed E-state index contributed by atoms with van der Waals surface area (Å²) in [4.78, 5) is 5.03. The van der Waals surface area contributed by atoms with Crippen LogP contribution >= 0.6 is 0 Å². The molecule has 2 aliphatic heterocycles. The molecule has 4 aromatic rings. The number of anilines is 3. The number of allylic oxidation sites excluding steroid dienone is 7. The van der Waals surface area contributed by atoms with Crippen molar-refractivity contribution in [2.45, 2.75) is 76.5 Å². The molecule has 2 heterocycles. The molecule has 4 aromatic carbocycles. The van der Waals surface area contributed by atoms with Gasteiger partial charge in [0.1, 0.15) is 0 Å². The number of fused-ring (bicyclic) bond motifs is 7. The molecule has 0 radical (unpaired) electrons. The van der Waals surface area contributed by atoms with Crippen molar-refractivity contribution < 1.29 is 0 Å². The summed E-state index contributed by atoms with van der Waals surface area (Å²) in [6.45, 7) is 11.9. The van der Waals surface area contributed by atoms with E-state index < -0.39 is 0 Å². The van der Waals surface area contributed by atoms with Gasteiger partial charge in [-0.1, -0.05) is 118 Å². The van der Waals surface area contributed by atoms with Gasteiger partial charge >= 0.3 is 0 Å². The fourth-order valence-electron chi connectivity index (χ4n) is 10.9. The average Bonchev–Trinajstić information content (AvgIpc) is 3.82. The minimum Gasteiger partial charge on any atom is -0.342 e. The molecule has 268 valence electrons. The van der Waals surface area contributed by atoms with Crippen LogP contribution in [0.4, 0.5) is 17.1 Å². The zero-order chi connectivity index (χ0) is 36.4. The van der Waals surface area contributed by atoms with Gasteiger partial charge in [0.05, 0.1) is 5.69 Å². The van der Waals surface area contributed by atoms with Crippen LogP contribution in [0.1, 0.15) is 87.0 Å². The topological polar surface area (TPSA) is 6.48 Å². The van der Waals surface area contributed by atoms with Gasteiger partial charge < -0.3 is 9.80 Å². The molecule has 6 aliphatic rings. The molecule has 2 heteroatoms. The number of benzene rings is 4. The lowest BCUT2D eigenvalue weighted by Gasteiger charge is -2.37. The Labute approximate surface area is 321 Å². The minimum absolute atomic E-state index is 0.118. The molecule has 0 aromatic heterocycles. The van der Waals surface area contributed by atoms with E-state index in [2.05, 4.69) is 139 Å². The smallest absolute Gasteiger partial charge is 0.0537 e. The third-order valence-electron chi connectivity index (χ3n) is 13.5. The monoisotopic (exact) mass is 702 g/mol. The summed E-state index contributed by atoms with van der Waals surface area (Å²) in [5.41, 5.74) is 19.4. The summed E-state index contributed by atoms with van der Waals surface area (Å²) in [6.07, 6.45) is 27.7. The van der Waals surface area contributed by atoms with Gasteiger partial charge in [0.15, 0.2) is 0 Å². The fourth-order valence-corrected chi connectivity index (χ4v) is 10.9. The highest BCUT2D eigenvalue weighted by Crippen LogP contribution is 2.58. The molecular weight excluding hydrogens is 653 g/mol. The second-order valence-electron chi connectivity index (χ2n) is 16.3. The van der Waals surface area contributed by atoms with Crippen molar-refractivity contribution in [2.75, 3.05) is 16.3 Å². The maximum Gasteiger partial charge on any atom is 0.0537 e. The van der Waals surface area contributed by atoms with Crippen molar-refractivity contribution in [2.24, 2.45) is 5.92 Å². The molecule has 1 atom stereocenters. The van der Waals surface area contributed by atoms with E-state index in [0.29, 0.717) is 5.92 Å². The highest BCUT2D eigenvalue weighted by molar-refractivity contribution is 5.85. The second-order valence-corrected chi connectivity index (χ2v) is 16.3. The molecule has 0 N–H and O–H groups in total. The molecule has 0 amide bonds. The van der Waals surface area contributed by atoms with Crippen LogP contribution in [0, 0.1) is 5.92 Å². The Morgan fingerprint density at radius 3 is 2.44 bits per heavy atom. The molecule has 54 heavy (non-hydrogen) atoms. The second kappa shape index (κ2) is 13.2. The van der Waals surface area contributed by atoms with Crippen molar-refractivity contribution in [1.29, 1.82) is 0 Å². The first-order chi connectivity index (χ1) is 26.6. The number of hydrogen-bond acceptors (Lipinski definition) is 2. The largest absolute Gasteiger partial charge is 0.342 e. The van der Waals surface area contributed by atoms with Crippen LogP contribution in [0.2, 0.25) is 0 Å². The average molecular weight is 703 g/mol. The van der Waals surface area contributed by atoms with Crippen molar-refractivity contribution in [3.63, 3.8) is 0 Å². The van der Waals surface area contributed by atoms with Gasteiger partial charge in [-0.15, -0.1) is 0 Å². The molecule has 0 bridgehead atoms. The van der Waals surface area contributed by atoms with Crippen molar-refractivity contribution in [3.05, 3.63) is 178 Å². The van der Waals surface area contributed by atoms with Gasteiger partial charge in [-0.05, 0) is 143 Å². The first-order valence-electron chi connectivity index (χ1n) is 20.4. The SMILES string of the molecule is C=CC1=C(C=C)N(c2cccc3c2=CCCC=3C=Cc2ccc3c(c2)C2(CCCC2)c2cc(N4CCCC5=C4C=CCC5C)ccc2-3)c2ccccc2C1. The van der Waals surface area contributed by atoms with E-state index in [4.69, 9.17) is 0 Å². The molecule has 2 nitrogen and oxygen atoms in total.